The van der Waals surface area contributed by atoms with Crippen LogP contribution in [0.15, 0.2) is 83.8 Å². The fourth-order valence-corrected chi connectivity index (χ4v) is 6.25. The number of rotatable bonds is 6. The van der Waals surface area contributed by atoms with Gasteiger partial charge in [0.25, 0.3) is 5.91 Å². The summed E-state index contributed by atoms with van der Waals surface area (Å²) in [4.78, 5) is 15.2. The van der Waals surface area contributed by atoms with Crippen LogP contribution >= 0.6 is 11.6 Å². The van der Waals surface area contributed by atoms with Crippen LogP contribution in [0.5, 0.6) is 0 Å². The van der Waals surface area contributed by atoms with Gasteiger partial charge in [0.15, 0.2) is 0 Å². The molecule has 0 atom stereocenters. The fourth-order valence-electron chi connectivity index (χ4n) is 4.54. The minimum atomic E-state index is -3.78. The Morgan fingerprint density at radius 3 is 2.49 bits per heavy atom. The molecule has 4 aromatic rings. The van der Waals surface area contributed by atoms with E-state index in [-0.39, 0.29) is 23.9 Å². The molecule has 0 saturated heterocycles. The molecule has 0 spiro atoms. The maximum Gasteiger partial charge on any atom is 0.258 e. The lowest BCUT2D eigenvalue weighted by molar-refractivity contribution is 0.0984. The molecule has 2 heterocycles. The van der Waals surface area contributed by atoms with Gasteiger partial charge in [-0.2, -0.15) is 9.40 Å². The molecule has 0 bridgehead atoms. The van der Waals surface area contributed by atoms with Crippen LogP contribution in [0.1, 0.15) is 27.3 Å². The number of aromatic nitrogens is 2. The Morgan fingerprint density at radius 2 is 1.78 bits per heavy atom. The molecular weight excluding hydrogens is 515 g/mol. The van der Waals surface area contributed by atoms with Crippen molar-refractivity contribution >= 4 is 33.2 Å². The molecule has 1 amide bonds. The highest BCUT2D eigenvalue weighted by Crippen LogP contribution is 2.30. The molecule has 0 N–H and O–H groups in total. The number of anilines is 1. The number of benzene rings is 3. The third kappa shape index (κ3) is 5.02. The Hall–Kier alpha value is -3.53. The third-order valence-electron chi connectivity index (χ3n) is 6.44. The summed E-state index contributed by atoms with van der Waals surface area (Å²) in [7, 11) is -1.97. The fraction of sp³-hybridized carbons (Fsp3) is 0.185. The predicted octanol–water partition coefficient (Wildman–Crippen LogP) is 4.81. The molecule has 3 aromatic carbocycles. The van der Waals surface area contributed by atoms with E-state index >= 15 is 0 Å². The zero-order valence-electron chi connectivity index (χ0n) is 20.0. The van der Waals surface area contributed by atoms with E-state index in [9.17, 15) is 17.6 Å². The molecule has 5 rings (SSSR count). The van der Waals surface area contributed by atoms with Gasteiger partial charge in [-0.3, -0.25) is 9.48 Å². The molecule has 0 saturated carbocycles. The van der Waals surface area contributed by atoms with E-state index in [1.54, 1.807) is 21.7 Å². The Morgan fingerprint density at radius 1 is 1.05 bits per heavy atom. The topological polar surface area (TPSA) is 75.5 Å². The number of fused-ring (bicyclic) bond motifs is 1. The van der Waals surface area contributed by atoms with Crippen molar-refractivity contribution in [2.75, 3.05) is 11.4 Å². The normalized spacial score (nSPS) is 13.8. The van der Waals surface area contributed by atoms with Gasteiger partial charge in [-0.05, 0) is 54.6 Å². The van der Waals surface area contributed by atoms with Crippen molar-refractivity contribution in [2.24, 2.45) is 7.05 Å². The first-order valence-corrected chi connectivity index (χ1v) is 13.5. The van der Waals surface area contributed by atoms with E-state index in [0.717, 1.165) is 11.3 Å². The summed E-state index contributed by atoms with van der Waals surface area (Å²) in [6, 6.07) is 20.7. The molecule has 1 aromatic heterocycles. The molecule has 1 aliphatic rings. The Balaban J connectivity index is 1.49. The standard InChI is InChI=1S/C27H24ClFN4O3S/c1-31-26-14-15-32(37(35,36)23-9-5-6-20(28)16-23)17-24(26)25(30-31)18-33(22-7-3-2-4-8-22)27(34)19-10-12-21(29)13-11-19/h2-13,16H,14-15,17-18H2,1H3. The molecule has 10 heteroatoms. The molecule has 7 nitrogen and oxygen atoms in total. The maximum absolute atomic E-state index is 13.5. The first-order chi connectivity index (χ1) is 17.7. The number of aryl methyl sites for hydroxylation is 1. The summed E-state index contributed by atoms with van der Waals surface area (Å²) in [6.07, 6.45) is 0.482. The second-order valence-electron chi connectivity index (χ2n) is 8.78. The number of halogens is 2. The van der Waals surface area contributed by atoms with Gasteiger partial charge in [0.05, 0.1) is 17.1 Å². The average Bonchev–Trinajstić information content (AvgIpc) is 3.22. The van der Waals surface area contributed by atoms with Crippen molar-refractivity contribution in [3.05, 3.63) is 112 Å². The number of para-hydroxylation sites is 1. The van der Waals surface area contributed by atoms with Crippen molar-refractivity contribution in [1.29, 1.82) is 0 Å². The molecule has 0 unspecified atom stereocenters. The van der Waals surface area contributed by atoms with Crippen molar-refractivity contribution < 1.29 is 17.6 Å². The summed E-state index contributed by atoms with van der Waals surface area (Å²) < 4.78 is 43.4. The van der Waals surface area contributed by atoms with E-state index in [1.165, 1.54) is 40.7 Å². The highest BCUT2D eigenvalue weighted by atomic mass is 35.5. The molecular formula is C27H24ClFN4O3S. The van der Waals surface area contributed by atoms with Gasteiger partial charge < -0.3 is 4.90 Å². The number of sulfonamides is 1. The summed E-state index contributed by atoms with van der Waals surface area (Å²) >= 11 is 6.05. The Labute approximate surface area is 219 Å². The molecule has 0 radical (unpaired) electrons. The number of carbonyl (C=O) groups excluding carboxylic acids is 1. The smallest absolute Gasteiger partial charge is 0.258 e. The average molecular weight is 539 g/mol. The first-order valence-electron chi connectivity index (χ1n) is 11.7. The van der Waals surface area contributed by atoms with Gasteiger partial charge in [-0.15, -0.1) is 0 Å². The van der Waals surface area contributed by atoms with Gasteiger partial charge in [-0.1, -0.05) is 35.9 Å². The molecule has 0 fully saturated rings. The lowest BCUT2D eigenvalue weighted by Gasteiger charge is -2.28. The Kier molecular flexibility index (Phi) is 6.85. The molecule has 1 aliphatic heterocycles. The first kappa shape index (κ1) is 25.1. The van der Waals surface area contributed by atoms with Gasteiger partial charge in [0.1, 0.15) is 5.82 Å². The molecule has 0 aliphatic carbocycles. The van der Waals surface area contributed by atoms with E-state index in [0.29, 0.717) is 34.9 Å². The summed E-state index contributed by atoms with van der Waals surface area (Å²) in [5.74, 6) is -0.743. The quantitative estimate of drug-likeness (QED) is 0.353. The summed E-state index contributed by atoms with van der Waals surface area (Å²) in [6.45, 7) is 0.549. The molecule has 37 heavy (non-hydrogen) atoms. The highest BCUT2D eigenvalue weighted by Gasteiger charge is 2.33. The number of amides is 1. The van der Waals surface area contributed by atoms with Crippen LogP contribution in [0.2, 0.25) is 5.02 Å². The zero-order chi connectivity index (χ0) is 26.2. The van der Waals surface area contributed by atoms with Gasteiger partial charge in [-0.25, -0.2) is 12.8 Å². The van der Waals surface area contributed by atoms with Crippen LogP contribution in [0.25, 0.3) is 0 Å². The van der Waals surface area contributed by atoms with Gasteiger partial charge >= 0.3 is 0 Å². The minimum Gasteiger partial charge on any atom is -0.302 e. The van der Waals surface area contributed by atoms with Crippen LogP contribution in [0.4, 0.5) is 10.1 Å². The third-order valence-corrected chi connectivity index (χ3v) is 8.51. The van der Waals surface area contributed by atoms with Crippen LogP contribution < -0.4 is 4.90 Å². The van der Waals surface area contributed by atoms with Crippen LogP contribution in [-0.4, -0.2) is 35.0 Å². The van der Waals surface area contributed by atoms with Crippen molar-refractivity contribution in [3.63, 3.8) is 0 Å². The van der Waals surface area contributed by atoms with Gasteiger partial charge in [0, 0.05) is 54.1 Å². The van der Waals surface area contributed by atoms with E-state index in [4.69, 9.17) is 11.6 Å². The van der Waals surface area contributed by atoms with Crippen LogP contribution in [0, 0.1) is 5.82 Å². The van der Waals surface area contributed by atoms with Gasteiger partial charge in [0.2, 0.25) is 10.0 Å². The summed E-state index contributed by atoms with van der Waals surface area (Å²) in [5.41, 5.74) is 3.28. The van der Waals surface area contributed by atoms with Crippen molar-refractivity contribution in [1.82, 2.24) is 14.1 Å². The van der Waals surface area contributed by atoms with Crippen molar-refractivity contribution in [2.45, 2.75) is 24.4 Å². The number of nitrogens with zero attached hydrogens (tertiary/aromatic N) is 4. The monoisotopic (exact) mass is 538 g/mol. The number of carbonyl (C=O) groups is 1. The second kappa shape index (κ2) is 10.1. The SMILES string of the molecule is Cn1nc(CN(C(=O)c2ccc(F)cc2)c2ccccc2)c2c1CCN(S(=O)(=O)c1cccc(Cl)c1)C2. The van der Waals surface area contributed by atoms with E-state index < -0.39 is 15.8 Å². The van der Waals surface area contributed by atoms with Crippen LogP contribution in [-0.2, 0) is 36.6 Å². The summed E-state index contributed by atoms with van der Waals surface area (Å²) in [5, 5.41) is 5.02. The lowest BCUT2D eigenvalue weighted by atomic mass is 10.1. The van der Waals surface area contributed by atoms with Crippen LogP contribution in [0.3, 0.4) is 0 Å². The van der Waals surface area contributed by atoms with E-state index in [2.05, 4.69) is 5.10 Å². The highest BCUT2D eigenvalue weighted by molar-refractivity contribution is 7.89. The Bertz CT molecular complexity index is 1560. The second-order valence-corrected chi connectivity index (χ2v) is 11.1. The minimum absolute atomic E-state index is 0.119. The maximum atomic E-state index is 13.5. The number of hydrogen-bond acceptors (Lipinski definition) is 4. The number of hydrogen-bond donors (Lipinski definition) is 0. The lowest BCUT2D eigenvalue weighted by Crippen LogP contribution is -2.37. The van der Waals surface area contributed by atoms with Crippen molar-refractivity contribution in [3.8, 4) is 0 Å². The largest absolute Gasteiger partial charge is 0.302 e. The zero-order valence-corrected chi connectivity index (χ0v) is 21.6. The molecule has 190 valence electrons. The van der Waals surface area contributed by atoms with E-state index in [1.807, 2.05) is 37.4 Å². The predicted molar refractivity (Wildman–Crippen MR) is 139 cm³/mol.